The molecule has 0 atom stereocenters. The van der Waals surface area contributed by atoms with Gasteiger partial charge >= 0.3 is 0 Å². The van der Waals surface area contributed by atoms with Crippen molar-refractivity contribution in [2.24, 2.45) is 0 Å². The zero-order chi connectivity index (χ0) is 46.1. The first kappa shape index (κ1) is 39.8. The summed E-state index contributed by atoms with van der Waals surface area (Å²) in [4.78, 5) is 4.71. The summed E-state index contributed by atoms with van der Waals surface area (Å²) in [5, 5.41) is 9.13. The van der Waals surface area contributed by atoms with Gasteiger partial charge in [-0.3, -0.25) is 0 Å². The Morgan fingerprint density at radius 2 is 0.857 bits per heavy atom. The molecule has 0 saturated heterocycles. The highest BCUT2D eigenvalue weighted by atomic mass is 16.5. The van der Waals surface area contributed by atoms with Crippen LogP contribution in [0.3, 0.4) is 0 Å². The Kier molecular flexibility index (Phi) is 9.17. The fourth-order valence-electron chi connectivity index (χ4n) is 10.8. The fourth-order valence-corrected chi connectivity index (χ4v) is 10.8. The third-order valence-corrected chi connectivity index (χ3v) is 14.0. The lowest BCUT2D eigenvalue weighted by atomic mass is 9.87. The molecule has 0 fully saturated rings. The van der Waals surface area contributed by atoms with Crippen LogP contribution < -0.4 is 14.5 Å². The lowest BCUT2D eigenvalue weighted by molar-refractivity contribution is 0.487. The lowest BCUT2D eigenvalue weighted by Crippen LogP contribution is -2.11. The van der Waals surface area contributed by atoms with Gasteiger partial charge in [0.2, 0.25) is 0 Å². The van der Waals surface area contributed by atoms with Crippen LogP contribution in [0.2, 0.25) is 0 Å². The van der Waals surface area contributed by atoms with E-state index in [4.69, 9.17) is 9.15 Å². The van der Waals surface area contributed by atoms with Crippen molar-refractivity contribution in [3.63, 3.8) is 0 Å². The van der Waals surface area contributed by atoms with Gasteiger partial charge in [0, 0.05) is 49.7 Å². The summed E-state index contributed by atoms with van der Waals surface area (Å²) in [5.74, 6) is 1.70. The minimum atomic E-state index is 0.846. The molecular weight excluding hydrogens is 853 g/mol. The second-order valence-corrected chi connectivity index (χ2v) is 18.0. The smallest absolute Gasteiger partial charge is 0.159 e. The first-order valence-electron chi connectivity index (χ1n) is 23.8. The van der Waals surface area contributed by atoms with Crippen LogP contribution in [-0.2, 0) is 0 Å². The SMILES string of the molecule is c1ccc(-c2ccccc2N(c2ccccc2)c2ccc(-c3ccc4c(c3)Oc3cccc5c3c-4cc3c4ccccc4c(N(c4ccccc4)c4cccc6c4oc4ccccc46)cc53)cc2)cc1. The first-order valence-corrected chi connectivity index (χ1v) is 23.8. The number of furan rings is 1. The number of hydrogen-bond acceptors (Lipinski definition) is 4. The Morgan fingerprint density at radius 1 is 0.271 bits per heavy atom. The molecular formula is C66H42N2O2. The number of ether oxygens (including phenoxy) is 1. The van der Waals surface area contributed by atoms with E-state index >= 15 is 0 Å². The Morgan fingerprint density at radius 3 is 1.66 bits per heavy atom. The lowest BCUT2D eigenvalue weighted by Gasteiger charge is -2.28. The number of fused-ring (bicyclic) bond motifs is 9. The van der Waals surface area contributed by atoms with Gasteiger partial charge in [-0.2, -0.15) is 0 Å². The van der Waals surface area contributed by atoms with Crippen molar-refractivity contribution in [3.8, 4) is 44.9 Å². The monoisotopic (exact) mass is 894 g/mol. The van der Waals surface area contributed by atoms with Crippen LogP contribution in [-0.4, -0.2) is 0 Å². The van der Waals surface area contributed by atoms with Crippen LogP contribution in [0, 0.1) is 0 Å². The number of rotatable bonds is 8. The fraction of sp³-hybridized carbons (Fsp3) is 0. The quantitative estimate of drug-likeness (QED) is 0.142. The second-order valence-electron chi connectivity index (χ2n) is 18.0. The molecule has 1 aliphatic rings. The number of nitrogens with zero attached hydrogens (tertiary/aromatic N) is 2. The Hall–Kier alpha value is -9.38. The van der Waals surface area contributed by atoms with Crippen LogP contribution in [0.15, 0.2) is 259 Å². The number of anilines is 6. The van der Waals surface area contributed by atoms with Crippen LogP contribution >= 0.6 is 0 Å². The predicted molar refractivity (Wildman–Crippen MR) is 292 cm³/mol. The van der Waals surface area contributed by atoms with Gasteiger partial charge in [-0.15, -0.1) is 0 Å². The van der Waals surface area contributed by atoms with Crippen molar-refractivity contribution in [2.45, 2.75) is 0 Å². The largest absolute Gasteiger partial charge is 0.456 e. The summed E-state index contributed by atoms with van der Waals surface area (Å²) in [6.07, 6.45) is 0. The molecule has 0 unspecified atom stereocenters. The Labute approximate surface area is 405 Å². The maximum Gasteiger partial charge on any atom is 0.159 e. The topological polar surface area (TPSA) is 28.9 Å². The molecule has 4 heteroatoms. The van der Waals surface area contributed by atoms with E-state index in [9.17, 15) is 0 Å². The van der Waals surface area contributed by atoms with Crippen molar-refractivity contribution < 1.29 is 9.15 Å². The van der Waals surface area contributed by atoms with Crippen LogP contribution in [0.25, 0.3) is 87.6 Å². The number of hydrogen-bond donors (Lipinski definition) is 0. The van der Waals surface area contributed by atoms with Gasteiger partial charge in [-0.05, 0) is 129 Å². The summed E-state index contributed by atoms with van der Waals surface area (Å²) in [6, 6.07) is 90.9. The third kappa shape index (κ3) is 6.38. The maximum absolute atomic E-state index is 6.94. The van der Waals surface area contributed by atoms with E-state index in [1.165, 1.54) is 27.5 Å². The van der Waals surface area contributed by atoms with E-state index in [1.54, 1.807) is 0 Å². The minimum Gasteiger partial charge on any atom is -0.456 e. The molecule has 0 saturated carbocycles. The summed E-state index contributed by atoms with van der Waals surface area (Å²) in [7, 11) is 0. The van der Waals surface area contributed by atoms with E-state index in [0.29, 0.717) is 0 Å². The second kappa shape index (κ2) is 16.2. The van der Waals surface area contributed by atoms with E-state index in [1.807, 2.05) is 6.07 Å². The first-order chi connectivity index (χ1) is 34.7. The molecule has 1 aliphatic heterocycles. The van der Waals surface area contributed by atoms with E-state index in [0.717, 1.165) is 106 Å². The number of benzene rings is 12. The summed E-state index contributed by atoms with van der Waals surface area (Å²) < 4.78 is 13.6. The molecule has 0 radical (unpaired) electrons. The highest BCUT2D eigenvalue weighted by Crippen LogP contribution is 2.53. The maximum atomic E-state index is 6.94. The van der Waals surface area contributed by atoms with Crippen LogP contribution in [0.4, 0.5) is 34.1 Å². The molecule has 14 rings (SSSR count). The normalized spacial score (nSPS) is 11.8. The average Bonchev–Trinajstić information content (AvgIpc) is 3.82. The van der Waals surface area contributed by atoms with Gasteiger partial charge < -0.3 is 19.0 Å². The third-order valence-electron chi connectivity index (χ3n) is 14.0. The molecule has 4 nitrogen and oxygen atoms in total. The molecule has 1 aromatic heterocycles. The van der Waals surface area contributed by atoms with Gasteiger partial charge in [0.05, 0.1) is 17.1 Å². The van der Waals surface area contributed by atoms with Crippen molar-refractivity contribution in [2.75, 3.05) is 9.80 Å². The van der Waals surface area contributed by atoms with E-state index in [-0.39, 0.29) is 0 Å². The van der Waals surface area contributed by atoms with Crippen molar-refractivity contribution in [1.29, 1.82) is 0 Å². The molecule has 0 bridgehead atoms. The average molecular weight is 895 g/mol. The van der Waals surface area contributed by atoms with Crippen LogP contribution in [0.5, 0.6) is 11.5 Å². The van der Waals surface area contributed by atoms with E-state index in [2.05, 4.69) is 259 Å². The highest BCUT2D eigenvalue weighted by molar-refractivity contribution is 6.26. The van der Waals surface area contributed by atoms with Crippen molar-refractivity contribution >= 4 is 88.4 Å². The molecule has 13 aromatic rings. The van der Waals surface area contributed by atoms with Gasteiger partial charge in [0.15, 0.2) is 5.58 Å². The van der Waals surface area contributed by atoms with E-state index < -0.39 is 0 Å². The molecule has 0 spiro atoms. The summed E-state index contributed by atoms with van der Waals surface area (Å²) >= 11 is 0. The predicted octanol–water partition coefficient (Wildman–Crippen LogP) is 19.1. The molecule has 70 heavy (non-hydrogen) atoms. The van der Waals surface area contributed by atoms with Gasteiger partial charge in [-0.25, -0.2) is 0 Å². The molecule has 0 N–H and O–H groups in total. The van der Waals surface area contributed by atoms with Gasteiger partial charge in [0.25, 0.3) is 0 Å². The molecule has 0 aliphatic carbocycles. The Bertz CT molecular complexity index is 4150. The molecule has 2 heterocycles. The van der Waals surface area contributed by atoms with Crippen LogP contribution in [0.1, 0.15) is 0 Å². The number of para-hydroxylation sites is 5. The molecule has 328 valence electrons. The van der Waals surface area contributed by atoms with Crippen molar-refractivity contribution in [3.05, 3.63) is 255 Å². The minimum absolute atomic E-state index is 0.846. The van der Waals surface area contributed by atoms with Gasteiger partial charge in [0.1, 0.15) is 17.1 Å². The zero-order valence-corrected chi connectivity index (χ0v) is 38.0. The highest BCUT2D eigenvalue weighted by Gasteiger charge is 2.26. The molecule has 0 amide bonds. The summed E-state index contributed by atoms with van der Waals surface area (Å²) in [5.41, 5.74) is 14.9. The Balaban J connectivity index is 0.891. The van der Waals surface area contributed by atoms with Crippen molar-refractivity contribution in [1.82, 2.24) is 0 Å². The summed E-state index contributed by atoms with van der Waals surface area (Å²) in [6.45, 7) is 0. The molecule has 12 aromatic carbocycles. The zero-order valence-electron chi connectivity index (χ0n) is 38.0. The van der Waals surface area contributed by atoms with Gasteiger partial charge in [-0.1, -0.05) is 170 Å². The standard InChI is InChI=1S/C66H42N2O2/c1-4-18-44(19-5-1)49-24-12-14-30-59(49)67(46-20-6-2-7-21-46)48-37-34-43(35-38-48)45-36-39-53-58-41-56-50-25-10-11-26-51(50)61(42-57(56)54-28-17-33-63(65(54)58)69-64(53)40-45)68(47-22-8-3-9-23-47)60-31-16-29-55-52-27-13-15-32-62(52)70-66(55)60/h1-42H.